The van der Waals surface area contributed by atoms with Gasteiger partial charge in [-0.1, -0.05) is 24.3 Å². The van der Waals surface area contributed by atoms with Gasteiger partial charge in [-0.05, 0) is 49.2 Å². The first-order valence-electron chi connectivity index (χ1n) is 9.98. The summed E-state index contributed by atoms with van der Waals surface area (Å²) in [5, 5.41) is 5.22. The summed E-state index contributed by atoms with van der Waals surface area (Å²) in [5.74, 6) is -15.2. The molecule has 0 aliphatic heterocycles. The van der Waals surface area contributed by atoms with Crippen LogP contribution in [-0.4, -0.2) is 42.2 Å². The second kappa shape index (κ2) is 10.7. The van der Waals surface area contributed by atoms with Crippen molar-refractivity contribution in [3.63, 3.8) is 0 Å². The fourth-order valence-corrected chi connectivity index (χ4v) is 2.63. The summed E-state index contributed by atoms with van der Waals surface area (Å²) in [5.41, 5.74) is 3.18. The molecule has 6 nitrogen and oxygen atoms in total. The van der Waals surface area contributed by atoms with Gasteiger partial charge < -0.3 is 10.1 Å². The molecule has 190 valence electrons. The number of benzene rings is 2. The first-order chi connectivity index (χ1) is 16.2. The van der Waals surface area contributed by atoms with Gasteiger partial charge in [0.1, 0.15) is 5.75 Å². The molecule has 0 saturated heterocycles. The lowest BCUT2D eigenvalue weighted by Gasteiger charge is -2.27. The zero-order valence-corrected chi connectivity index (χ0v) is 18.4. The van der Waals surface area contributed by atoms with Gasteiger partial charge in [0.05, 0.1) is 18.7 Å². The minimum Gasteiger partial charge on any atom is -0.494 e. The summed E-state index contributed by atoms with van der Waals surface area (Å²) in [4.78, 5) is 23.5. The molecule has 2 rings (SSSR count). The van der Waals surface area contributed by atoms with Gasteiger partial charge in [0, 0.05) is 5.69 Å². The fourth-order valence-electron chi connectivity index (χ4n) is 2.63. The van der Waals surface area contributed by atoms with E-state index >= 15 is 0 Å². The molecule has 2 N–H and O–H groups in total. The van der Waals surface area contributed by atoms with Crippen LogP contribution in [0.2, 0.25) is 0 Å². The molecule has 2 aromatic carbocycles. The lowest BCUT2D eigenvalue weighted by molar-refractivity contribution is -0.343. The molecular weight excluding hydrogens is 487 g/mol. The molecule has 13 heteroatoms. The third-order valence-electron chi connectivity index (χ3n) is 4.54. The molecular formula is C22H20F7N3O3. The normalized spacial score (nSPS) is 12.8. The number of hydrogen-bond acceptors (Lipinski definition) is 4. The van der Waals surface area contributed by atoms with Gasteiger partial charge in [-0.25, -0.2) is 5.43 Å². The molecule has 0 unspecified atom stereocenters. The van der Waals surface area contributed by atoms with Crippen LogP contribution in [0.25, 0.3) is 0 Å². The summed E-state index contributed by atoms with van der Waals surface area (Å²) < 4.78 is 94.7. The average Bonchev–Trinajstić information content (AvgIpc) is 2.78. The van der Waals surface area contributed by atoms with Crippen LogP contribution < -0.4 is 15.5 Å². The number of ether oxygens (including phenoxy) is 1. The summed E-state index contributed by atoms with van der Waals surface area (Å²) in [6, 6.07) is 11.3. The number of nitrogens with one attached hydrogen (secondary N) is 2. The number of hydrazone groups is 1. The third-order valence-corrected chi connectivity index (χ3v) is 4.54. The summed E-state index contributed by atoms with van der Waals surface area (Å²) in [6.07, 6.45) is -6.60. The Morgan fingerprint density at radius 3 is 2.00 bits per heavy atom. The first kappa shape index (κ1) is 27.6. The third kappa shape index (κ3) is 6.70. The SMILES string of the molecule is CCOc1ccc(CC(=O)N/N=C(/C)c2ccc(NC(=O)C(F)(F)C(F)(F)C(F)(F)F)cc2)cc1. The Balaban J connectivity index is 1.99. The zero-order valence-electron chi connectivity index (χ0n) is 18.4. The average molecular weight is 507 g/mol. The minimum atomic E-state index is -6.62. The Kier molecular flexibility index (Phi) is 8.47. The number of carbonyl (C=O) groups excluding carboxylic acids is 2. The largest absolute Gasteiger partial charge is 0.494 e. The maximum Gasteiger partial charge on any atom is 0.460 e. The lowest BCUT2D eigenvalue weighted by Crippen LogP contribution is -2.57. The number of anilines is 1. The van der Waals surface area contributed by atoms with E-state index in [9.17, 15) is 40.3 Å². The van der Waals surface area contributed by atoms with Crippen molar-refractivity contribution in [3.05, 3.63) is 59.7 Å². The van der Waals surface area contributed by atoms with Crippen molar-refractivity contribution in [2.45, 2.75) is 38.3 Å². The maximum absolute atomic E-state index is 13.4. The Labute approximate surface area is 195 Å². The van der Waals surface area contributed by atoms with Gasteiger partial charge in [0.25, 0.3) is 0 Å². The first-order valence-corrected chi connectivity index (χ1v) is 9.98. The fraction of sp³-hybridized carbons (Fsp3) is 0.318. The van der Waals surface area contributed by atoms with Gasteiger partial charge in [-0.15, -0.1) is 0 Å². The second-order valence-corrected chi connectivity index (χ2v) is 7.16. The number of alkyl halides is 7. The molecule has 0 spiro atoms. The van der Waals surface area contributed by atoms with Crippen LogP contribution in [0, 0.1) is 0 Å². The lowest BCUT2D eigenvalue weighted by atomic mass is 10.1. The number of carbonyl (C=O) groups is 2. The highest BCUT2D eigenvalue weighted by atomic mass is 19.4. The monoisotopic (exact) mass is 507 g/mol. The molecule has 0 aromatic heterocycles. The predicted octanol–water partition coefficient (Wildman–Crippen LogP) is 4.94. The highest BCUT2D eigenvalue weighted by Gasteiger charge is 2.76. The van der Waals surface area contributed by atoms with Crippen LogP contribution in [0.4, 0.5) is 36.4 Å². The second-order valence-electron chi connectivity index (χ2n) is 7.16. The molecule has 0 aliphatic carbocycles. The van der Waals surface area contributed by atoms with E-state index in [-0.39, 0.29) is 12.1 Å². The van der Waals surface area contributed by atoms with E-state index in [1.807, 2.05) is 6.92 Å². The minimum absolute atomic E-state index is 0.0188. The molecule has 0 bridgehead atoms. The zero-order chi connectivity index (χ0) is 26.4. The molecule has 2 aromatic rings. The van der Waals surface area contributed by atoms with Crippen molar-refractivity contribution < 1.29 is 45.1 Å². The van der Waals surface area contributed by atoms with E-state index in [4.69, 9.17) is 4.74 Å². The van der Waals surface area contributed by atoms with Crippen molar-refractivity contribution in [1.82, 2.24) is 5.43 Å². The van der Waals surface area contributed by atoms with Crippen molar-refractivity contribution in [1.29, 1.82) is 0 Å². The van der Waals surface area contributed by atoms with Gasteiger partial charge in [-0.2, -0.15) is 35.8 Å². The van der Waals surface area contributed by atoms with Crippen molar-refractivity contribution in [2.75, 3.05) is 11.9 Å². The van der Waals surface area contributed by atoms with E-state index in [1.165, 1.54) is 24.4 Å². The molecule has 2 amide bonds. The molecule has 0 saturated carbocycles. The quantitative estimate of drug-likeness (QED) is 0.287. The van der Waals surface area contributed by atoms with Crippen molar-refractivity contribution in [2.24, 2.45) is 5.10 Å². The maximum atomic E-state index is 13.4. The summed E-state index contributed by atoms with van der Waals surface area (Å²) in [6.45, 7) is 3.83. The Morgan fingerprint density at radius 2 is 1.49 bits per heavy atom. The van der Waals surface area contributed by atoms with Gasteiger partial charge in [0.2, 0.25) is 5.91 Å². The van der Waals surface area contributed by atoms with Crippen molar-refractivity contribution in [3.8, 4) is 5.75 Å². The van der Waals surface area contributed by atoms with E-state index in [0.717, 1.165) is 12.1 Å². The van der Waals surface area contributed by atoms with Crippen LogP contribution in [0.15, 0.2) is 53.6 Å². The van der Waals surface area contributed by atoms with E-state index in [1.54, 1.807) is 24.3 Å². The van der Waals surface area contributed by atoms with Crippen molar-refractivity contribution >= 4 is 23.2 Å². The van der Waals surface area contributed by atoms with Gasteiger partial charge in [-0.3, -0.25) is 9.59 Å². The molecule has 0 fully saturated rings. The van der Waals surface area contributed by atoms with Gasteiger partial charge >= 0.3 is 23.9 Å². The summed E-state index contributed by atoms with van der Waals surface area (Å²) in [7, 11) is 0. The predicted molar refractivity (Wildman–Crippen MR) is 113 cm³/mol. The Hall–Kier alpha value is -3.64. The van der Waals surface area contributed by atoms with Gasteiger partial charge in [0.15, 0.2) is 0 Å². The van der Waals surface area contributed by atoms with E-state index in [0.29, 0.717) is 23.5 Å². The number of hydrogen-bond donors (Lipinski definition) is 2. The molecule has 0 atom stereocenters. The number of nitrogens with zero attached hydrogens (tertiary/aromatic N) is 1. The van der Waals surface area contributed by atoms with E-state index in [2.05, 4.69) is 10.5 Å². The van der Waals surface area contributed by atoms with E-state index < -0.39 is 35.5 Å². The summed E-state index contributed by atoms with van der Waals surface area (Å²) >= 11 is 0. The molecule has 0 aliphatic rings. The van der Waals surface area contributed by atoms with Crippen LogP contribution in [0.3, 0.4) is 0 Å². The highest BCUT2D eigenvalue weighted by Crippen LogP contribution is 2.46. The molecule has 35 heavy (non-hydrogen) atoms. The topological polar surface area (TPSA) is 79.8 Å². The van der Waals surface area contributed by atoms with Crippen LogP contribution in [0.1, 0.15) is 25.0 Å². The standard InChI is InChI=1S/C22H20F7N3O3/c1-3-35-17-10-4-14(5-11-17)12-18(33)32-31-13(2)15-6-8-16(9-7-15)30-19(34)20(23,24)21(25,26)22(27,28)29/h4-11H,3,12H2,1-2H3,(H,30,34)(H,32,33)/b31-13-. The molecule has 0 radical (unpaired) electrons. The number of rotatable bonds is 9. The van der Waals surface area contributed by atoms with Crippen LogP contribution in [0.5, 0.6) is 5.75 Å². The highest BCUT2D eigenvalue weighted by molar-refractivity contribution is 6.01. The molecule has 0 heterocycles. The Morgan fingerprint density at radius 1 is 0.914 bits per heavy atom. The van der Waals surface area contributed by atoms with Crippen LogP contribution in [-0.2, 0) is 16.0 Å². The van der Waals surface area contributed by atoms with Crippen LogP contribution >= 0.6 is 0 Å². The number of halogens is 7. The smallest absolute Gasteiger partial charge is 0.460 e. The number of amides is 2. The Bertz CT molecular complexity index is 1070.